The molecule has 8 nitrogen and oxygen atoms in total. The number of hydrogen-bond donors (Lipinski definition) is 2. The third-order valence-corrected chi connectivity index (χ3v) is 8.61. The second kappa shape index (κ2) is 9.35. The molecule has 2 N–H and O–H groups in total. The number of ether oxygens (including phenoxy) is 2. The fourth-order valence-electron chi connectivity index (χ4n) is 6.52. The lowest BCUT2D eigenvalue weighted by Gasteiger charge is -2.59. The van der Waals surface area contributed by atoms with E-state index in [2.05, 4.69) is 13.5 Å². The Kier molecular flexibility index (Phi) is 6.76. The molecule has 35 heavy (non-hydrogen) atoms. The minimum absolute atomic E-state index is 0.0381. The van der Waals surface area contributed by atoms with Crippen LogP contribution in [0.15, 0.2) is 42.0 Å². The van der Waals surface area contributed by atoms with Crippen LogP contribution >= 0.6 is 0 Å². The summed E-state index contributed by atoms with van der Waals surface area (Å²) in [6.45, 7) is 8.31. The standard InChI is InChI=1S/C26H32FNO7/c1-15-4-9-22-25(2,11-10-23(30)26(22,3)14-29)18(15)7-6-17-21(13-34-24(17)31)35-16-5-8-20(28(32)33)19(27)12-16/h5-6,8,12,18,21-23,29-30H,1,4,7,9-11,13-14H2,2-3H3/b17-6+/t18?,21-,22+,23?,25+,26+/m1/s1. The first kappa shape index (κ1) is 25.3. The van der Waals surface area contributed by atoms with Crippen molar-refractivity contribution in [2.24, 2.45) is 22.7 Å². The number of nitrogens with zero attached hydrogens (tertiary/aromatic N) is 1. The summed E-state index contributed by atoms with van der Waals surface area (Å²) in [6.07, 6.45) is 3.98. The van der Waals surface area contributed by atoms with Gasteiger partial charge in [-0.25, -0.2) is 4.79 Å². The molecule has 0 amide bonds. The molecule has 1 saturated heterocycles. The molecule has 3 aliphatic rings. The number of benzene rings is 1. The van der Waals surface area contributed by atoms with Crippen molar-refractivity contribution in [2.45, 2.75) is 58.2 Å². The summed E-state index contributed by atoms with van der Waals surface area (Å²) in [4.78, 5) is 22.5. The normalized spacial score (nSPS) is 36.1. The molecular formula is C26H32FNO7. The van der Waals surface area contributed by atoms with E-state index >= 15 is 0 Å². The fourth-order valence-corrected chi connectivity index (χ4v) is 6.52. The number of halogens is 1. The van der Waals surface area contributed by atoms with Gasteiger partial charge >= 0.3 is 11.7 Å². The van der Waals surface area contributed by atoms with E-state index in [-0.39, 0.29) is 36.2 Å². The van der Waals surface area contributed by atoms with Crippen LogP contribution in [0.2, 0.25) is 0 Å². The van der Waals surface area contributed by atoms with Crippen molar-refractivity contribution in [3.63, 3.8) is 0 Å². The quantitative estimate of drug-likeness (QED) is 0.203. The third-order valence-electron chi connectivity index (χ3n) is 8.61. The summed E-state index contributed by atoms with van der Waals surface area (Å²) < 4.78 is 25.0. The maximum Gasteiger partial charge on any atom is 0.337 e. The number of allylic oxidation sites excluding steroid dienone is 2. The molecule has 6 atom stereocenters. The summed E-state index contributed by atoms with van der Waals surface area (Å²) in [5, 5.41) is 31.7. The SMILES string of the molecule is C=C1CC[C@H]2[C@@](C)(CCC(O)[C@@]2(C)CO)C1C/C=C1/C(=O)OC[C@H]1Oc1ccc([N+](=O)[O-])c(F)c1. The molecular weight excluding hydrogens is 457 g/mol. The van der Waals surface area contributed by atoms with E-state index in [4.69, 9.17) is 9.47 Å². The number of carbonyl (C=O) groups is 1. The van der Waals surface area contributed by atoms with E-state index in [0.717, 1.165) is 37.0 Å². The molecule has 1 aliphatic heterocycles. The summed E-state index contributed by atoms with van der Waals surface area (Å²) in [5.74, 6) is -1.33. The Morgan fingerprint density at radius 1 is 1.37 bits per heavy atom. The first-order chi connectivity index (χ1) is 16.5. The van der Waals surface area contributed by atoms with E-state index in [1.54, 1.807) is 6.08 Å². The number of cyclic esters (lactones) is 1. The van der Waals surface area contributed by atoms with Crippen LogP contribution in [0.25, 0.3) is 0 Å². The highest BCUT2D eigenvalue weighted by Gasteiger charge is 2.57. The van der Waals surface area contributed by atoms with Gasteiger partial charge in [0.25, 0.3) is 0 Å². The lowest BCUT2D eigenvalue weighted by molar-refractivity contribution is -0.387. The largest absolute Gasteiger partial charge is 0.482 e. The minimum Gasteiger partial charge on any atom is -0.482 e. The maximum atomic E-state index is 14.0. The van der Waals surface area contributed by atoms with Crippen molar-refractivity contribution in [3.05, 3.63) is 57.9 Å². The number of carbonyl (C=O) groups excluding carboxylic acids is 1. The van der Waals surface area contributed by atoms with Crippen LogP contribution < -0.4 is 4.74 Å². The minimum atomic E-state index is -1.02. The van der Waals surface area contributed by atoms with E-state index in [1.165, 1.54) is 6.07 Å². The summed E-state index contributed by atoms with van der Waals surface area (Å²) in [6, 6.07) is 3.24. The number of fused-ring (bicyclic) bond motifs is 1. The topological polar surface area (TPSA) is 119 Å². The highest BCUT2D eigenvalue weighted by atomic mass is 19.1. The molecule has 1 aromatic rings. The van der Waals surface area contributed by atoms with Crippen LogP contribution in [0, 0.1) is 38.6 Å². The molecule has 190 valence electrons. The number of nitro groups is 1. The van der Waals surface area contributed by atoms with Gasteiger partial charge in [-0.1, -0.05) is 32.1 Å². The monoisotopic (exact) mass is 489 g/mol. The first-order valence-corrected chi connectivity index (χ1v) is 12.0. The van der Waals surface area contributed by atoms with E-state index in [9.17, 15) is 29.5 Å². The third kappa shape index (κ3) is 4.36. The van der Waals surface area contributed by atoms with Crippen LogP contribution in [0.4, 0.5) is 10.1 Å². The molecule has 0 bridgehead atoms. The van der Waals surface area contributed by atoms with Gasteiger partial charge in [-0.3, -0.25) is 10.1 Å². The van der Waals surface area contributed by atoms with Crippen molar-refractivity contribution in [1.82, 2.24) is 0 Å². The molecule has 0 spiro atoms. The van der Waals surface area contributed by atoms with Gasteiger partial charge in [0.05, 0.1) is 23.2 Å². The average molecular weight is 490 g/mol. The Morgan fingerprint density at radius 2 is 2.11 bits per heavy atom. The molecule has 1 aromatic carbocycles. The lowest BCUT2D eigenvalue weighted by Crippen LogP contribution is -2.57. The molecule has 2 aliphatic carbocycles. The maximum absolute atomic E-state index is 14.0. The number of aliphatic hydroxyl groups excluding tert-OH is 2. The van der Waals surface area contributed by atoms with Gasteiger partial charge in [-0.2, -0.15) is 4.39 Å². The van der Waals surface area contributed by atoms with Crippen molar-refractivity contribution in [1.29, 1.82) is 0 Å². The van der Waals surface area contributed by atoms with E-state index in [0.29, 0.717) is 18.4 Å². The van der Waals surface area contributed by atoms with Gasteiger partial charge in [0, 0.05) is 17.5 Å². The van der Waals surface area contributed by atoms with Crippen LogP contribution in [0.5, 0.6) is 5.75 Å². The van der Waals surface area contributed by atoms with Gasteiger partial charge in [-0.05, 0) is 55.4 Å². The van der Waals surface area contributed by atoms with Crippen LogP contribution in [-0.4, -0.2) is 46.5 Å². The van der Waals surface area contributed by atoms with Crippen molar-refractivity contribution >= 4 is 11.7 Å². The molecule has 0 aromatic heterocycles. The van der Waals surface area contributed by atoms with E-state index < -0.39 is 40.0 Å². The fraction of sp³-hybridized carbons (Fsp3) is 0.577. The predicted octanol–water partition coefficient (Wildman–Crippen LogP) is 4.10. The average Bonchev–Trinajstić information content (AvgIpc) is 3.15. The molecule has 1 heterocycles. The second-order valence-electron chi connectivity index (χ2n) is 10.5. The van der Waals surface area contributed by atoms with E-state index in [1.807, 2.05) is 6.92 Å². The van der Waals surface area contributed by atoms with Gasteiger partial charge in [0.2, 0.25) is 5.82 Å². The molecule has 4 rings (SSSR count). The van der Waals surface area contributed by atoms with Crippen molar-refractivity contribution in [3.8, 4) is 5.75 Å². The zero-order valence-corrected chi connectivity index (χ0v) is 20.0. The number of nitro benzene ring substituents is 1. The van der Waals surface area contributed by atoms with Gasteiger partial charge < -0.3 is 19.7 Å². The van der Waals surface area contributed by atoms with Crippen LogP contribution in [0.1, 0.15) is 46.0 Å². The van der Waals surface area contributed by atoms with Crippen molar-refractivity contribution < 1.29 is 33.8 Å². The smallest absolute Gasteiger partial charge is 0.337 e. The molecule has 3 fully saturated rings. The zero-order chi connectivity index (χ0) is 25.5. The van der Waals surface area contributed by atoms with Crippen molar-refractivity contribution in [2.75, 3.05) is 13.2 Å². The van der Waals surface area contributed by atoms with Gasteiger partial charge in [0.1, 0.15) is 12.4 Å². The number of hydrogen-bond acceptors (Lipinski definition) is 7. The second-order valence-corrected chi connectivity index (χ2v) is 10.5. The molecule has 0 radical (unpaired) electrons. The first-order valence-electron chi connectivity index (χ1n) is 12.0. The number of aliphatic hydroxyl groups is 2. The Hall–Kier alpha value is -2.78. The molecule has 2 saturated carbocycles. The highest BCUT2D eigenvalue weighted by molar-refractivity contribution is 5.91. The van der Waals surface area contributed by atoms with Crippen LogP contribution in [0.3, 0.4) is 0 Å². The zero-order valence-electron chi connectivity index (χ0n) is 20.0. The number of rotatable bonds is 6. The van der Waals surface area contributed by atoms with Gasteiger partial charge in [0.15, 0.2) is 6.10 Å². The lowest BCUT2D eigenvalue weighted by atomic mass is 9.46. The Bertz CT molecular complexity index is 1070. The molecule has 9 heteroatoms. The number of esters is 1. The summed E-state index contributed by atoms with van der Waals surface area (Å²) in [5.41, 5.74) is -0.0555. The Balaban J connectivity index is 1.56. The predicted molar refractivity (Wildman–Crippen MR) is 125 cm³/mol. The Morgan fingerprint density at radius 3 is 2.77 bits per heavy atom. The Labute approximate surface area is 203 Å². The highest BCUT2D eigenvalue weighted by Crippen LogP contribution is 2.61. The summed E-state index contributed by atoms with van der Waals surface area (Å²) in [7, 11) is 0. The summed E-state index contributed by atoms with van der Waals surface area (Å²) >= 11 is 0. The van der Waals surface area contributed by atoms with Crippen LogP contribution in [-0.2, 0) is 9.53 Å². The molecule has 2 unspecified atom stereocenters. The van der Waals surface area contributed by atoms with Gasteiger partial charge in [-0.15, -0.1) is 0 Å².